The maximum absolute atomic E-state index is 12.0. The summed E-state index contributed by atoms with van der Waals surface area (Å²) < 4.78 is 5.09. The average Bonchev–Trinajstić information content (AvgIpc) is 3.05. The van der Waals surface area contributed by atoms with E-state index in [0.717, 1.165) is 5.56 Å². The van der Waals surface area contributed by atoms with Crippen LogP contribution in [-0.4, -0.2) is 28.6 Å². The van der Waals surface area contributed by atoms with E-state index in [2.05, 4.69) is 15.8 Å². The van der Waals surface area contributed by atoms with E-state index in [1.54, 1.807) is 44.2 Å². The van der Waals surface area contributed by atoms with Crippen molar-refractivity contribution in [3.63, 3.8) is 0 Å². The Bertz CT molecular complexity index is 852. The zero-order valence-corrected chi connectivity index (χ0v) is 15.1. The van der Waals surface area contributed by atoms with E-state index < -0.39 is 5.97 Å². The highest BCUT2D eigenvalue weighted by atomic mass is 16.4. The van der Waals surface area contributed by atoms with Gasteiger partial charge in [0.2, 0.25) is 5.91 Å². The Morgan fingerprint density at radius 2 is 1.81 bits per heavy atom. The van der Waals surface area contributed by atoms with Gasteiger partial charge in [0, 0.05) is 18.5 Å². The molecule has 0 atom stereocenters. The molecule has 8 nitrogen and oxygen atoms in total. The third kappa shape index (κ3) is 6.10. The van der Waals surface area contributed by atoms with Crippen LogP contribution in [0.4, 0.5) is 5.69 Å². The van der Waals surface area contributed by atoms with Gasteiger partial charge in [-0.3, -0.25) is 14.4 Å². The van der Waals surface area contributed by atoms with Crippen LogP contribution in [0, 0.1) is 6.92 Å². The SMILES string of the molecule is C/C(=N\NC(=O)c1ccoc1C)c1ccc(NC(=O)CCCC(=O)O)cc1. The maximum Gasteiger partial charge on any atom is 0.303 e. The fraction of sp³-hybridized carbons (Fsp3) is 0.263. The molecule has 0 aliphatic rings. The number of nitrogens with one attached hydrogen (secondary N) is 2. The number of benzene rings is 1. The van der Waals surface area contributed by atoms with E-state index in [9.17, 15) is 14.4 Å². The van der Waals surface area contributed by atoms with E-state index >= 15 is 0 Å². The topological polar surface area (TPSA) is 121 Å². The van der Waals surface area contributed by atoms with Crippen molar-refractivity contribution in [1.29, 1.82) is 0 Å². The molecule has 2 amide bonds. The summed E-state index contributed by atoms with van der Waals surface area (Å²) in [6.07, 6.45) is 1.84. The Hall–Kier alpha value is -3.42. The van der Waals surface area contributed by atoms with Gasteiger partial charge in [-0.25, -0.2) is 5.43 Å². The van der Waals surface area contributed by atoms with Crippen LogP contribution in [0.15, 0.2) is 46.1 Å². The number of hydrogen-bond donors (Lipinski definition) is 3. The van der Waals surface area contributed by atoms with E-state index in [4.69, 9.17) is 9.52 Å². The van der Waals surface area contributed by atoms with Crippen molar-refractivity contribution in [2.75, 3.05) is 5.32 Å². The normalized spacial score (nSPS) is 11.1. The molecular formula is C19H21N3O5. The van der Waals surface area contributed by atoms with Crippen LogP contribution in [0.25, 0.3) is 0 Å². The lowest BCUT2D eigenvalue weighted by Crippen LogP contribution is -2.19. The first kappa shape index (κ1) is 19.9. The number of aryl methyl sites for hydroxylation is 1. The van der Waals surface area contributed by atoms with Gasteiger partial charge in [0.1, 0.15) is 5.76 Å². The van der Waals surface area contributed by atoms with E-state index in [-0.39, 0.29) is 24.7 Å². The molecule has 0 spiro atoms. The molecule has 0 aliphatic carbocycles. The number of aliphatic carboxylic acids is 1. The Kier molecular flexibility index (Phi) is 6.87. The number of hydrogen-bond acceptors (Lipinski definition) is 5. The van der Waals surface area contributed by atoms with Crippen molar-refractivity contribution in [1.82, 2.24) is 5.43 Å². The molecule has 0 aliphatic heterocycles. The van der Waals surface area contributed by atoms with Gasteiger partial charge in [-0.2, -0.15) is 5.10 Å². The molecule has 2 aromatic rings. The summed E-state index contributed by atoms with van der Waals surface area (Å²) in [6, 6.07) is 8.53. The van der Waals surface area contributed by atoms with Crippen LogP contribution in [0.2, 0.25) is 0 Å². The van der Waals surface area contributed by atoms with Crippen LogP contribution in [0.1, 0.15) is 47.9 Å². The molecule has 8 heteroatoms. The zero-order chi connectivity index (χ0) is 19.8. The number of hydrazone groups is 1. The first-order chi connectivity index (χ1) is 12.9. The molecule has 0 radical (unpaired) electrons. The van der Waals surface area contributed by atoms with Crippen molar-refractivity contribution >= 4 is 29.2 Å². The lowest BCUT2D eigenvalue weighted by molar-refractivity contribution is -0.137. The van der Waals surface area contributed by atoms with Crippen molar-refractivity contribution in [2.24, 2.45) is 5.10 Å². The molecule has 1 heterocycles. The van der Waals surface area contributed by atoms with Gasteiger partial charge < -0.3 is 14.8 Å². The predicted octanol–water partition coefficient (Wildman–Crippen LogP) is 2.94. The third-order valence-corrected chi connectivity index (χ3v) is 3.81. The summed E-state index contributed by atoms with van der Waals surface area (Å²) in [4.78, 5) is 34.2. The number of carbonyl (C=O) groups is 3. The smallest absolute Gasteiger partial charge is 0.303 e. The number of carbonyl (C=O) groups excluding carboxylic acids is 2. The first-order valence-electron chi connectivity index (χ1n) is 8.37. The molecule has 1 aromatic carbocycles. The van der Waals surface area contributed by atoms with E-state index in [0.29, 0.717) is 29.1 Å². The molecule has 142 valence electrons. The number of furan rings is 1. The van der Waals surface area contributed by atoms with Crippen molar-refractivity contribution in [3.05, 3.63) is 53.5 Å². The summed E-state index contributed by atoms with van der Waals surface area (Å²) in [5.41, 5.74) is 4.88. The molecule has 3 N–H and O–H groups in total. The van der Waals surface area contributed by atoms with Gasteiger partial charge in [-0.05, 0) is 44.0 Å². The molecule has 0 unspecified atom stereocenters. The standard InChI is InChI=1S/C19H21N3O5/c1-12(21-22-19(26)16-10-11-27-13(16)2)14-6-8-15(9-7-14)20-17(23)4-3-5-18(24)25/h6-11H,3-5H2,1-2H3,(H,20,23)(H,22,26)(H,24,25)/b21-12+. The minimum absolute atomic E-state index is 0.0356. The van der Waals surface area contributed by atoms with Crippen LogP contribution >= 0.6 is 0 Å². The monoisotopic (exact) mass is 371 g/mol. The van der Waals surface area contributed by atoms with Gasteiger partial charge in [0.25, 0.3) is 5.91 Å². The number of nitrogens with zero attached hydrogens (tertiary/aromatic N) is 1. The number of amides is 2. The van der Waals surface area contributed by atoms with Crippen LogP contribution in [-0.2, 0) is 9.59 Å². The Morgan fingerprint density at radius 3 is 2.41 bits per heavy atom. The molecular weight excluding hydrogens is 350 g/mol. The summed E-state index contributed by atoms with van der Waals surface area (Å²) in [7, 11) is 0. The quantitative estimate of drug-likeness (QED) is 0.487. The third-order valence-electron chi connectivity index (χ3n) is 3.81. The molecule has 0 bridgehead atoms. The summed E-state index contributed by atoms with van der Waals surface area (Å²) in [6.45, 7) is 3.45. The minimum Gasteiger partial charge on any atom is -0.481 e. The Morgan fingerprint density at radius 1 is 1.11 bits per heavy atom. The summed E-state index contributed by atoms with van der Waals surface area (Å²) >= 11 is 0. The average molecular weight is 371 g/mol. The first-order valence-corrected chi connectivity index (χ1v) is 8.37. The molecule has 0 saturated carbocycles. The van der Waals surface area contributed by atoms with Crippen LogP contribution in [0.3, 0.4) is 0 Å². The molecule has 1 aromatic heterocycles. The second kappa shape index (κ2) is 9.33. The van der Waals surface area contributed by atoms with Crippen LogP contribution < -0.4 is 10.7 Å². The van der Waals surface area contributed by atoms with Crippen molar-refractivity contribution < 1.29 is 23.9 Å². The number of rotatable bonds is 8. The predicted molar refractivity (Wildman–Crippen MR) is 99.7 cm³/mol. The molecule has 27 heavy (non-hydrogen) atoms. The fourth-order valence-corrected chi connectivity index (χ4v) is 2.30. The molecule has 2 rings (SSSR count). The zero-order valence-electron chi connectivity index (χ0n) is 15.1. The van der Waals surface area contributed by atoms with Crippen molar-refractivity contribution in [2.45, 2.75) is 33.1 Å². The Labute approximate surface area is 156 Å². The minimum atomic E-state index is -0.920. The van der Waals surface area contributed by atoms with Gasteiger partial charge in [-0.1, -0.05) is 12.1 Å². The second-order valence-electron chi connectivity index (χ2n) is 5.90. The fourth-order valence-electron chi connectivity index (χ4n) is 2.30. The van der Waals surface area contributed by atoms with Crippen LogP contribution in [0.5, 0.6) is 0 Å². The number of anilines is 1. The van der Waals surface area contributed by atoms with E-state index in [1.807, 2.05) is 0 Å². The Balaban J connectivity index is 1.90. The number of carboxylic acids is 1. The highest BCUT2D eigenvalue weighted by molar-refractivity contribution is 6.01. The summed E-state index contributed by atoms with van der Waals surface area (Å²) in [5, 5.41) is 15.3. The number of carboxylic acid groups (broad SMARTS) is 1. The second-order valence-corrected chi connectivity index (χ2v) is 5.90. The maximum atomic E-state index is 12.0. The largest absolute Gasteiger partial charge is 0.481 e. The van der Waals surface area contributed by atoms with Gasteiger partial charge >= 0.3 is 5.97 Å². The van der Waals surface area contributed by atoms with Crippen molar-refractivity contribution in [3.8, 4) is 0 Å². The molecule has 0 saturated heterocycles. The van der Waals surface area contributed by atoms with Gasteiger partial charge in [0.15, 0.2) is 0 Å². The highest BCUT2D eigenvalue weighted by Crippen LogP contribution is 2.12. The lowest BCUT2D eigenvalue weighted by Gasteiger charge is -2.07. The van der Waals surface area contributed by atoms with Gasteiger partial charge in [0.05, 0.1) is 17.5 Å². The molecule has 0 fully saturated rings. The van der Waals surface area contributed by atoms with Gasteiger partial charge in [-0.15, -0.1) is 0 Å². The van der Waals surface area contributed by atoms with E-state index in [1.165, 1.54) is 6.26 Å². The highest BCUT2D eigenvalue weighted by Gasteiger charge is 2.10. The lowest BCUT2D eigenvalue weighted by atomic mass is 10.1. The summed E-state index contributed by atoms with van der Waals surface area (Å²) in [5.74, 6) is -0.997.